The Labute approximate surface area is 134 Å². The van der Waals surface area contributed by atoms with Crippen molar-refractivity contribution in [3.05, 3.63) is 78.6 Å². The average molecular weight is 300 g/mol. The van der Waals surface area contributed by atoms with E-state index in [0.717, 1.165) is 33.2 Å². The monoisotopic (exact) mass is 300 g/mol. The number of rotatable bonds is 2. The molecule has 0 spiro atoms. The van der Waals surface area contributed by atoms with Gasteiger partial charge in [0.25, 0.3) is 0 Å². The van der Waals surface area contributed by atoms with Gasteiger partial charge in [-0.25, -0.2) is 0 Å². The zero-order valence-electron chi connectivity index (χ0n) is 12.8. The van der Waals surface area contributed by atoms with Gasteiger partial charge in [0.05, 0.1) is 6.26 Å². The first-order chi connectivity index (χ1) is 11.2. The van der Waals surface area contributed by atoms with Crippen molar-refractivity contribution in [3.63, 3.8) is 0 Å². The second-order valence-electron chi connectivity index (χ2n) is 5.77. The van der Waals surface area contributed by atoms with Crippen LogP contribution < -0.4 is 0 Å². The van der Waals surface area contributed by atoms with Crippen LogP contribution in [0.5, 0.6) is 5.75 Å². The van der Waals surface area contributed by atoms with Gasteiger partial charge in [-0.2, -0.15) is 0 Å². The zero-order valence-corrected chi connectivity index (χ0v) is 12.8. The van der Waals surface area contributed by atoms with Crippen LogP contribution in [0.4, 0.5) is 0 Å². The molecule has 4 rings (SSSR count). The molecular weight excluding hydrogens is 284 g/mol. The number of aryl methyl sites for hydroxylation is 1. The van der Waals surface area contributed by atoms with Crippen LogP contribution in [0.15, 0.2) is 77.4 Å². The first-order valence-corrected chi connectivity index (χ1v) is 7.58. The van der Waals surface area contributed by atoms with E-state index in [4.69, 9.17) is 4.42 Å². The molecule has 0 aliphatic carbocycles. The zero-order chi connectivity index (χ0) is 15.8. The van der Waals surface area contributed by atoms with Crippen molar-refractivity contribution in [3.8, 4) is 28.0 Å². The molecule has 0 fully saturated rings. The molecule has 2 nitrogen and oxygen atoms in total. The van der Waals surface area contributed by atoms with E-state index in [9.17, 15) is 5.11 Å². The minimum Gasteiger partial charge on any atom is -0.508 e. The normalized spacial score (nSPS) is 11.0. The molecule has 3 aromatic carbocycles. The highest BCUT2D eigenvalue weighted by atomic mass is 16.3. The summed E-state index contributed by atoms with van der Waals surface area (Å²) >= 11 is 0. The highest BCUT2D eigenvalue weighted by molar-refractivity contribution is 5.94. The molecule has 1 aromatic heterocycles. The molecule has 1 heterocycles. The fraction of sp³-hybridized carbons (Fsp3) is 0.0476. The van der Waals surface area contributed by atoms with E-state index in [0.29, 0.717) is 0 Å². The number of hydrogen-bond donors (Lipinski definition) is 1. The molecule has 0 unspecified atom stereocenters. The van der Waals surface area contributed by atoms with E-state index in [2.05, 4.69) is 43.3 Å². The Balaban J connectivity index is 1.75. The molecule has 4 aromatic rings. The van der Waals surface area contributed by atoms with Crippen LogP contribution >= 0.6 is 0 Å². The third-order valence-electron chi connectivity index (χ3n) is 4.13. The number of phenolic OH excluding ortho intramolecular Hbond substituents is 1. The van der Waals surface area contributed by atoms with Crippen molar-refractivity contribution in [1.82, 2.24) is 0 Å². The van der Waals surface area contributed by atoms with E-state index in [1.54, 1.807) is 12.1 Å². The van der Waals surface area contributed by atoms with E-state index in [1.165, 1.54) is 5.56 Å². The van der Waals surface area contributed by atoms with Gasteiger partial charge in [0.1, 0.15) is 11.3 Å². The van der Waals surface area contributed by atoms with Crippen molar-refractivity contribution in [2.45, 2.75) is 6.92 Å². The summed E-state index contributed by atoms with van der Waals surface area (Å²) in [6.07, 6.45) is 1.82. The van der Waals surface area contributed by atoms with Gasteiger partial charge < -0.3 is 9.52 Å². The maximum atomic E-state index is 9.39. The maximum absolute atomic E-state index is 9.39. The highest BCUT2D eigenvalue weighted by Gasteiger charge is 2.08. The van der Waals surface area contributed by atoms with Gasteiger partial charge in [-0.15, -0.1) is 0 Å². The molecular formula is C21H16O2. The van der Waals surface area contributed by atoms with E-state index >= 15 is 0 Å². The smallest absolute Gasteiger partial charge is 0.134 e. The summed E-state index contributed by atoms with van der Waals surface area (Å²) < 4.78 is 5.66. The van der Waals surface area contributed by atoms with E-state index < -0.39 is 0 Å². The number of aromatic hydroxyl groups is 1. The average Bonchev–Trinajstić information content (AvgIpc) is 2.99. The molecule has 23 heavy (non-hydrogen) atoms. The lowest BCUT2D eigenvalue weighted by Gasteiger charge is -2.04. The van der Waals surface area contributed by atoms with Crippen LogP contribution in [-0.4, -0.2) is 5.11 Å². The Kier molecular flexibility index (Phi) is 3.16. The largest absolute Gasteiger partial charge is 0.508 e. The molecule has 0 saturated carbocycles. The molecule has 0 radical (unpaired) electrons. The first-order valence-electron chi connectivity index (χ1n) is 7.58. The van der Waals surface area contributed by atoms with Gasteiger partial charge >= 0.3 is 0 Å². The van der Waals surface area contributed by atoms with Crippen LogP contribution in [0.1, 0.15) is 5.56 Å². The lowest BCUT2D eigenvalue weighted by molar-refractivity contribution is 0.475. The van der Waals surface area contributed by atoms with Gasteiger partial charge in [0.15, 0.2) is 0 Å². The SMILES string of the molecule is Cc1ccc2occ(-c3ccc(-c4ccc(O)cc4)cc3)c2c1. The maximum Gasteiger partial charge on any atom is 0.134 e. The topological polar surface area (TPSA) is 33.4 Å². The Morgan fingerprint density at radius 3 is 2.04 bits per heavy atom. The van der Waals surface area contributed by atoms with Crippen molar-refractivity contribution in [1.29, 1.82) is 0 Å². The predicted molar refractivity (Wildman–Crippen MR) is 93.5 cm³/mol. The van der Waals surface area contributed by atoms with Crippen LogP contribution in [0.3, 0.4) is 0 Å². The Hall–Kier alpha value is -3.00. The molecule has 112 valence electrons. The van der Waals surface area contributed by atoms with Crippen LogP contribution in [-0.2, 0) is 0 Å². The second-order valence-corrected chi connectivity index (χ2v) is 5.77. The summed E-state index contributed by atoms with van der Waals surface area (Å²) in [6.45, 7) is 2.09. The second kappa shape index (κ2) is 5.33. The summed E-state index contributed by atoms with van der Waals surface area (Å²) in [5.41, 5.74) is 6.59. The Morgan fingerprint density at radius 1 is 0.739 bits per heavy atom. The molecule has 0 aliphatic rings. The Bertz CT molecular complexity index is 961. The molecule has 0 aliphatic heterocycles. The quantitative estimate of drug-likeness (QED) is 0.509. The lowest BCUT2D eigenvalue weighted by atomic mass is 9.99. The predicted octanol–water partition coefficient (Wildman–Crippen LogP) is 5.78. The van der Waals surface area contributed by atoms with Crippen LogP contribution in [0.25, 0.3) is 33.2 Å². The minimum atomic E-state index is 0.283. The number of furan rings is 1. The fourth-order valence-electron chi connectivity index (χ4n) is 2.86. The minimum absolute atomic E-state index is 0.283. The standard InChI is InChI=1S/C21H16O2/c1-14-2-11-21-19(12-14)20(13-23-21)17-5-3-15(4-6-17)16-7-9-18(22)10-8-16/h2-13,22H,1H3. The molecule has 1 N–H and O–H groups in total. The molecule has 0 amide bonds. The molecule has 0 saturated heterocycles. The summed E-state index contributed by atoms with van der Waals surface area (Å²) in [4.78, 5) is 0. The number of phenols is 1. The van der Waals surface area contributed by atoms with Gasteiger partial charge in [-0.1, -0.05) is 48.0 Å². The van der Waals surface area contributed by atoms with Crippen molar-refractivity contribution in [2.24, 2.45) is 0 Å². The lowest BCUT2D eigenvalue weighted by Crippen LogP contribution is -1.80. The number of benzene rings is 3. The summed E-state index contributed by atoms with van der Waals surface area (Å²) in [6, 6.07) is 21.9. The van der Waals surface area contributed by atoms with Crippen LogP contribution in [0, 0.1) is 6.92 Å². The summed E-state index contributed by atoms with van der Waals surface area (Å²) in [5.74, 6) is 0.283. The van der Waals surface area contributed by atoms with Crippen LogP contribution in [0.2, 0.25) is 0 Å². The third kappa shape index (κ3) is 2.49. The first kappa shape index (κ1) is 13.6. The third-order valence-corrected chi connectivity index (χ3v) is 4.13. The van der Waals surface area contributed by atoms with Gasteiger partial charge in [-0.3, -0.25) is 0 Å². The van der Waals surface area contributed by atoms with Crippen molar-refractivity contribution >= 4 is 11.0 Å². The van der Waals surface area contributed by atoms with Crippen molar-refractivity contribution in [2.75, 3.05) is 0 Å². The van der Waals surface area contributed by atoms with E-state index in [-0.39, 0.29) is 5.75 Å². The van der Waals surface area contributed by atoms with Gasteiger partial charge in [0, 0.05) is 10.9 Å². The molecule has 2 heteroatoms. The summed E-state index contributed by atoms with van der Waals surface area (Å²) in [5, 5.41) is 10.5. The number of hydrogen-bond acceptors (Lipinski definition) is 2. The fourth-order valence-corrected chi connectivity index (χ4v) is 2.86. The van der Waals surface area contributed by atoms with Gasteiger partial charge in [-0.05, 0) is 47.9 Å². The number of fused-ring (bicyclic) bond motifs is 1. The van der Waals surface area contributed by atoms with Gasteiger partial charge in [0.2, 0.25) is 0 Å². The van der Waals surface area contributed by atoms with E-state index in [1.807, 2.05) is 24.5 Å². The van der Waals surface area contributed by atoms with Crippen molar-refractivity contribution < 1.29 is 9.52 Å². The highest BCUT2D eigenvalue weighted by Crippen LogP contribution is 2.32. The molecule has 0 bridgehead atoms. The Morgan fingerprint density at radius 2 is 1.35 bits per heavy atom. The summed E-state index contributed by atoms with van der Waals surface area (Å²) in [7, 11) is 0. The molecule has 0 atom stereocenters.